The van der Waals surface area contributed by atoms with E-state index in [9.17, 15) is 4.79 Å². The number of halogens is 1. The van der Waals surface area contributed by atoms with Gasteiger partial charge in [0, 0.05) is 27.7 Å². The second kappa shape index (κ2) is 7.80. The van der Waals surface area contributed by atoms with E-state index in [1.807, 2.05) is 69.7 Å². The SMILES string of the molecule is CC(C)n1cncc1-c1cc(C(=O)NC(C)(C)C)cc(-c2ccc(Cl)cc2)c1. The van der Waals surface area contributed by atoms with E-state index >= 15 is 0 Å². The second-order valence-corrected chi connectivity index (χ2v) is 8.73. The molecule has 0 aliphatic rings. The molecule has 2 aromatic carbocycles. The van der Waals surface area contributed by atoms with Gasteiger partial charge in [0.15, 0.2) is 0 Å². The molecule has 0 bridgehead atoms. The van der Waals surface area contributed by atoms with Gasteiger partial charge >= 0.3 is 0 Å². The minimum Gasteiger partial charge on any atom is -0.347 e. The van der Waals surface area contributed by atoms with Crippen molar-refractivity contribution in [3.05, 3.63) is 65.6 Å². The van der Waals surface area contributed by atoms with Crippen molar-refractivity contribution < 1.29 is 4.79 Å². The lowest BCUT2D eigenvalue weighted by Gasteiger charge is -2.21. The Balaban J connectivity index is 2.15. The molecule has 5 heteroatoms. The maximum absolute atomic E-state index is 12.9. The average molecular weight is 396 g/mol. The van der Waals surface area contributed by atoms with Crippen molar-refractivity contribution in [2.45, 2.75) is 46.2 Å². The molecule has 0 fully saturated rings. The molecule has 3 rings (SSSR count). The molecule has 0 saturated carbocycles. The van der Waals surface area contributed by atoms with Crippen LogP contribution in [0.5, 0.6) is 0 Å². The Morgan fingerprint density at radius 2 is 1.68 bits per heavy atom. The van der Waals surface area contributed by atoms with E-state index in [1.54, 1.807) is 0 Å². The molecule has 28 heavy (non-hydrogen) atoms. The van der Waals surface area contributed by atoms with Gasteiger partial charge < -0.3 is 9.88 Å². The quantitative estimate of drug-likeness (QED) is 0.590. The van der Waals surface area contributed by atoms with E-state index in [0.29, 0.717) is 10.6 Å². The first-order valence-corrected chi connectivity index (χ1v) is 9.77. The van der Waals surface area contributed by atoms with Gasteiger partial charge in [-0.25, -0.2) is 4.98 Å². The third kappa shape index (κ3) is 4.63. The fraction of sp³-hybridized carbons (Fsp3) is 0.304. The van der Waals surface area contributed by atoms with Crippen LogP contribution in [0.15, 0.2) is 55.0 Å². The zero-order valence-corrected chi connectivity index (χ0v) is 17.7. The van der Waals surface area contributed by atoms with Crippen molar-refractivity contribution in [2.75, 3.05) is 0 Å². The van der Waals surface area contributed by atoms with Crippen LogP contribution in [-0.4, -0.2) is 21.0 Å². The molecule has 0 unspecified atom stereocenters. The molecule has 1 amide bonds. The van der Waals surface area contributed by atoms with Crippen LogP contribution in [-0.2, 0) is 0 Å². The number of benzene rings is 2. The third-order valence-corrected chi connectivity index (χ3v) is 4.63. The molecule has 0 spiro atoms. The second-order valence-electron chi connectivity index (χ2n) is 8.29. The number of hydrogen-bond donors (Lipinski definition) is 1. The van der Waals surface area contributed by atoms with Gasteiger partial charge in [0.05, 0.1) is 18.2 Å². The minimum absolute atomic E-state index is 0.0971. The summed E-state index contributed by atoms with van der Waals surface area (Å²) in [5.41, 5.74) is 4.21. The number of nitrogens with one attached hydrogen (secondary N) is 1. The number of nitrogens with zero attached hydrogens (tertiary/aromatic N) is 2. The Morgan fingerprint density at radius 3 is 2.29 bits per heavy atom. The molecule has 4 nitrogen and oxygen atoms in total. The molecule has 0 atom stereocenters. The Bertz CT molecular complexity index is 982. The molecule has 146 valence electrons. The average Bonchev–Trinajstić information content (AvgIpc) is 3.10. The molecular weight excluding hydrogens is 370 g/mol. The van der Waals surface area contributed by atoms with E-state index in [-0.39, 0.29) is 17.5 Å². The smallest absolute Gasteiger partial charge is 0.251 e. The molecular formula is C23H26ClN3O. The summed E-state index contributed by atoms with van der Waals surface area (Å²) in [5, 5.41) is 3.73. The highest BCUT2D eigenvalue weighted by molar-refractivity contribution is 6.30. The van der Waals surface area contributed by atoms with Crippen LogP contribution in [0.1, 0.15) is 51.0 Å². The number of rotatable bonds is 4. The lowest BCUT2D eigenvalue weighted by molar-refractivity contribution is 0.0919. The predicted octanol–water partition coefficient (Wildman–Crippen LogP) is 5.98. The van der Waals surface area contributed by atoms with E-state index in [0.717, 1.165) is 22.4 Å². The summed E-state index contributed by atoms with van der Waals surface area (Å²) in [6, 6.07) is 13.9. The van der Waals surface area contributed by atoms with Crippen LogP contribution < -0.4 is 5.32 Å². The fourth-order valence-corrected chi connectivity index (χ4v) is 3.19. The van der Waals surface area contributed by atoms with Crippen LogP contribution in [0.3, 0.4) is 0 Å². The van der Waals surface area contributed by atoms with E-state index < -0.39 is 0 Å². The zero-order valence-electron chi connectivity index (χ0n) is 17.0. The number of aromatic nitrogens is 2. The molecule has 0 aliphatic heterocycles. The van der Waals surface area contributed by atoms with Crippen molar-refractivity contribution in [1.29, 1.82) is 0 Å². The largest absolute Gasteiger partial charge is 0.347 e. The maximum Gasteiger partial charge on any atom is 0.251 e. The maximum atomic E-state index is 12.9. The number of carbonyl (C=O) groups is 1. The number of amides is 1. The molecule has 3 aromatic rings. The summed E-state index contributed by atoms with van der Waals surface area (Å²) in [6.07, 6.45) is 3.66. The summed E-state index contributed by atoms with van der Waals surface area (Å²) in [6.45, 7) is 10.1. The predicted molar refractivity (Wildman–Crippen MR) is 116 cm³/mol. The van der Waals surface area contributed by atoms with Gasteiger partial charge in [-0.15, -0.1) is 0 Å². The number of imidazole rings is 1. The highest BCUT2D eigenvalue weighted by Crippen LogP contribution is 2.30. The first-order chi connectivity index (χ1) is 13.1. The summed E-state index contributed by atoms with van der Waals surface area (Å²) >= 11 is 6.05. The van der Waals surface area contributed by atoms with Gasteiger partial charge in [-0.05, 0) is 76.1 Å². The topological polar surface area (TPSA) is 46.9 Å². The molecule has 0 aliphatic carbocycles. The van der Waals surface area contributed by atoms with Crippen molar-refractivity contribution in [1.82, 2.24) is 14.9 Å². The monoisotopic (exact) mass is 395 g/mol. The van der Waals surface area contributed by atoms with Gasteiger partial charge in [0.1, 0.15) is 0 Å². The molecule has 1 N–H and O–H groups in total. The van der Waals surface area contributed by atoms with E-state index in [4.69, 9.17) is 11.6 Å². The molecule has 0 saturated heterocycles. The zero-order chi connectivity index (χ0) is 20.5. The summed E-state index contributed by atoms with van der Waals surface area (Å²) in [5.74, 6) is -0.0971. The lowest BCUT2D eigenvalue weighted by Crippen LogP contribution is -2.40. The Morgan fingerprint density at radius 1 is 1.04 bits per heavy atom. The minimum atomic E-state index is -0.312. The molecule has 1 heterocycles. The molecule has 0 radical (unpaired) electrons. The van der Waals surface area contributed by atoms with Crippen molar-refractivity contribution in [3.63, 3.8) is 0 Å². The Hall–Kier alpha value is -2.59. The summed E-state index contributed by atoms with van der Waals surface area (Å²) in [7, 11) is 0. The highest BCUT2D eigenvalue weighted by Gasteiger charge is 2.18. The number of hydrogen-bond acceptors (Lipinski definition) is 2. The van der Waals surface area contributed by atoms with Crippen LogP contribution in [0.4, 0.5) is 0 Å². The Kier molecular flexibility index (Phi) is 5.61. The Labute approximate surface area is 171 Å². The summed E-state index contributed by atoms with van der Waals surface area (Å²) in [4.78, 5) is 17.2. The normalized spacial score (nSPS) is 11.7. The first kappa shape index (κ1) is 20.2. The van der Waals surface area contributed by atoms with Gasteiger partial charge in [0.2, 0.25) is 0 Å². The lowest BCUT2D eigenvalue weighted by atomic mass is 9.97. The van der Waals surface area contributed by atoms with Gasteiger partial charge in [0.25, 0.3) is 5.91 Å². The van der Waals surface area contributed by atoms with Gasteiger partial charge in [-0.1, -0.05) is 23.7 Å². The number of carbonyl (C=O) groups excluding carboxylic acids is 1. The van der Waals surface area contributed by atoms with Crippen LogP contribution in [0.25, 0.3) is 22.4 Å². The van der Waals surface area contributed by atoms with E-state index in [2.05, 4.69) is 34.8 Å². The van der Waals surface area contributed by atoms with Crippen LogP contribution in [0, 0.1) is 0 Å². The van der Waals surface area contributed by atoms with Gasteiger partial charge in [-0.2, -0.15) is 0 Å². The summed E-state index contributed by atoms with van der Waals surface area (Å²) < 4.78 is 2.10. The fourth-order valence-electron chi connectivity index (χ4n) is 3.07. The van der Waals surface area contributed by atoms with Crippen molar-refractivity contribution in [3.8, 4) is 22.4 Å². The highest BCUT2D eigenvalue weighted by atomic mass is 35.5. The van der Waals surface area contributed by atoms with Crippen molar-refractivity contribution >= 4 is 17.5 Å². The standard InChI is InChI=1S/C23H26ClN3O/c1-15(2)27-14-25-13-21(27)18-10-17(16-6-8-20(24)9-7-16)11-19(12-18)22(28)26-23(3,4)5/h6-15H,1-5H3,(H,26,28). The van der Waals surface area contributed by atoms with Crippen LogP contribution in [0.2, 0.25) is 5.02 Å². The third-order valence-electron chi connectivity index (χ3n) is 4.38. The first-order valence-electron chi connectivity index (χ1n) is 9.40. The van der Waals surface area contributed by atoms with Crippen molar-refractivity contribution in [2.24, 2.45) is 0 Å². The molecule has 1 aromatic heterocycles. The van der Waals surface area contributed by atoms with E-state index in [1.165, 1.54) is 0 Å². The van der Waals surface area contributed by atoms with Crippen LogP contribution >= 0.6 is 11.6 Å². The van der Waals surface area contributed by atoms with Gasteiger partial charge in [-0.3, -0.25) is 4.79 Å².